The Kier molecular flexibility index (Phi) is 4.65. The van der Waals surface area contributed by atoms with Crippen LogP contribution < -0.4 is 4.72 Å². The summed E-state index contributed by atoms with van der Waals surface area (Å²) in [6.45, 7) is 0.0889. The van der Waals surface area contributed by atoms with Crippen LogP contribution >= 0.6 is 11.3 Å². The molecule has 0 bridgehead atoms. The summed E-state index contributed by atoms with van der Waals surface area (Å²) in [5.74, 6) is 0. The Balaban J connectivity index is 1.62. The Morgan fingerprint density at radius 2 is 2.04 bits per heavy atom. The molecule has 0 amide bonds. The Morgan fingerprint density at radius 3 is 2.78 bits per heavy atom. The van der Waals surface area contributed by atoms with Gasteiger partial charge >= 0.3 is 0 Å². The Bertz CT molecular complexity index is 885. The largest absolute Gasteiger partial charge is 0.234 e. The molecule has 0 aliphatic heterocycles. The first kappa shape index (κ1) is 15.6. The van der Waals surface area contributed by atoms with Gasteiger partial charge in [-0.3, -0.25) is 0 Å². The first-order valence-electron chi connectivity index (χ1n) is 6.79. The number of sulfonamides is 1. The molecule has 0 aliphatic carbocycles. The maximum absolute atomic E-state index is 12.0. The fraction of sp³-hybridized carbons (Fsp3) is 0.0667. The third-order valence-electron chi connectivity index (χ3n) is 3.01. The van der Waals surface area contributed by atoms with Gasteiger partial charge in [-0.15, -0.1) is 5.10 Å². The highest BCUT2D eigenvalue weighted by Gasteiger charge is 2.08. The molecular weight excluding hydrogens is 332 g/mol. The van der Waals surface area contributed by atoms with E-state index in [1.165, 1.54) is 0 Å². The van der Waals surface area contributed by atoms with Crippen molar-refractivity contribution in [1.82, 2.24) is 19.7 Å². The van der Waals surface area contributed by atoms with Crippen LogP contribution in [0, 0.1) is 0 Å². The minimum atomic E-state index is -3.53. The van der Waals surface area contributed by atoms with Crippen molar-refractivity contribution in [3.05, 3.63) is 70.0 Å². The van der Waals surface area contributed by atoms with Gasteiger partial charge in [0.2, 0.25) is 10.0 Å². The van der Waals surface area contributed by atoms with Gasteiger partial charge in [-0.25, -0.2) is 17.8 Å². The van der Waals surface area contributed by atoms with E-state index in [1.54, 1.807) is 28.3 Å². The van der Waals surface area contributed by atoms with Crippen molar-refractivity contribution in [1.29, 1.82) is 0 Å². The lowest BCUT2D eigenvalue weighted by molar-refractivity contribution is 0.590. The standard InChI is InChI=1S/C15H14N4O2S2/c20-23(21,9-7-13-4-2-1-3-5-13)16-10-14-11-19(18-17-14)15-6-8-22-12-15/h1-9,11-12,16H,10H2/b9-7+. The SMILES string of the molecule is O=S(=O)(/C=C/c1ccccc1)NCc1cn(-c2ccsc2)nn1. The number of aromatic nitrogens is 3. The molecule has 3 aromatic rings. The molecule has 118 valence electrons. The highest BCUT2D eigenvalue weighted by molar-refractivity contribution is 7.92. The first-order chi connectivity index (χ1) is 11.1. The number of rotatable bonds is 6. The average molecular weight is 346 g/mol. The molecule has 2 heterocycles. The molecule has 0 fully saturated rings. The van der Waals surface area contributed by atoms with Crippen molar-refractivity contribution in [2.24, 2.45) is 0 Å². The molecule has 0 unspecified atom stereocenters. The summed E-state index contributed by atoms with van der Waals surface area (Å²) in [7, 11) is -3.53. The van der Waals surface area contributed by atoms with Gasteiger partial charge in [-0.05, 0) is 23.1 Å². The van der Waals surface area contributed by atoms with Crippen molar-refractivity contribution in [3.63, 3.8) is 0 Å². The molecular formula is C15H14N4O2S2. The van der Waals surface area contributed by atoms with Crippen molar-refractivity contribution in [2.75, 3.05) is 0 Å². The van der Waals surface area contributed by atoms with E-state index in [1.807, 2.05) is 47.2 Å². The van der Waals surface area contributed by atoms with E-state index in [9.17, 15) is 8.42 Å². The van der Waals surface area contributed by atoms with Crippen LogP contribution in [-0.4, -0.2) is 23.4 Å². The second-order valence-corrected chi connectivity index (χ2v) is 7.15. The number of thiophene rings is 1. The molecule has 0 aliphatic rings. The predicted octanol–water partition coefficient (Wildman–Crippen LogP) is 2.42. The van der Waals surface area contributed by atoms with Gasteiger partial charge in [-0.1, -0.05) is 35.5 Å². The van der Waals surface area contributed by atoms with Crippen molar-refractivity contribution >= 4 is 27.4 Å². The third-order valence-corrected chi connectivity index (χ3v) is 4.72. The van der Waals surface area contributed by atoms with Crippen LogP contribution in [0.4, 0.5) is 0 Å². The van der Waals surface area contributed by atoms with E-state index in [2.05, 4.69) is 15.0 Å². The smallest absolute Gasteiger partial charge is 0.220 e. The van der Waals surface area contributed by atoms with Crippen LogP contribution in [-0.2, 0) is 16.6 Å². The Morgan fingerprint density at radius 1 is 1.22 bits per heavy atom. The molecule has 6 nitrogen and oxygen atoms in total. The summed E-state index contributed by atoms with van der Waals surface area (Å²) in [6, 6.07) is 11.2. The maximum atomic E-state index is 12.0. The molecule has 3 rings (SSSR count). The van der Waals surface area contributed by atoms with Crippen LogP contribution in [0.1, 0.15) is 11.3 Å². The van der Waals surface area contributed by atoms with E-state index in [0.29, 0.717) is 5.69 Å². The van der Waals surface area contributed by atoms with Gasteiger partial charge in [0.1, 0.15) is 0 Å². The summed E-state index contributed by atoms with van der Waals surface area (Å²) in [5.41, 5.74) is 2.27. The summed E-state index contributed by atoms with van der Waals surface area (Å²) < 4.78 is 28.0. The van der Waals surface area contributed by atoms with E-state index < -0.39 is 10.0 Å². The number of benzene rings is 1. The molecule has 0 saturated carbocycles. The number of nitrogens with one attached hydrogen (secondary N) is 1. The van der Waals surface area contributed by atoms with Gasteiger partial charge < -0.3 is 0 Å². The maximum Gasteiger partial charge on any atom is 0.234 e. The predicted molar refractivity (Wildman–Crippen MR) is 90.5 cm³/mol. The second-order valence-electron chi connectivity index (χ2n) is 4.72. The highest BCUT2D eigenvalue weighted by atomic mass is 32.2. The molecule has 23 heavy (non-hydrogen) atoms. The first-order valence-corrected chi connectivity index (χ1v) is 9.28. The van der Waals surface area contributed by atoms with Crippen molar-refractivity contribution in [2.45, 2.75) is 6.54 Å². The molecule has 1 N–H and O–H groups in total. The summed E-state index contributed by atoms with van der Waals surface area (Å²) in [6.07, 6.45) is 3.25. The summed E-state index contributed by atoms with van der Waals surface area (Å²) in [4.78, 5) is 0. The summed E-state index contributed by atoms with van der Waals surface area (Å²) in [5, 5.41) is 13.0. The fourth-order valence-corrected chi connectivity index (χ4v) is 3.25. The average Bonchev–Trinajstić information content (AvgIpc) is 3.23. The molecule has 0 spiro atoms. The zero-order valence-corrected chi connectivity index (χ0v) is 13.7. The Hall–Kier alpha value is -2.29. The Labute approximate surface area is 138 Å². The van der Waals surface area contributed by atoms with Crippen molar-refractivity contribution < 1.29 is 8.42 Å². The van der Waals surface area contributed by atoms with Crippen LogP contribution in [0.3, 0.4) is 0 Å². The normalized spacial score (nSPS) is 12.0. The quantitative estimate of drug-likeness (QED) is 0.744. The van der Waals surface area contributed by atoms with Crippen LogP contribution in [0.25, 0.3) is 11.8 Å². The van der Waals surface area contributed by atoms with E-state index >= 15 is 0 Å². The van der Waals surface area contributed by atoms with Gasteiger partial charge in [0.25, 0.3) is 0 Å². The van der Waals surface area contributed by atoms with Crippen LogP contribution in [0.5, 0.6) is 0 Å². The van der Waals surface area contributed by atoms with Gasteiger partial charge in [0.05, 0.1) is 24.1 Å². The zero-order chi connectivity index (χ0) is 16.1. The third kappa shape index (κ3) is 4.35. The number of nitrogens with zero attached hydrogens (tertiary/aromatic N) is 3. The van der Waals surface area contributed by atoms with Crippen LogP contribution in [0.15, 0.2) is 58.8 Å². The van der Waals surface area contributed by atoms with Crippen LogP contribution in [0.2, 0.25) is 0 Å². The number of hydrogen-bond donors (Lipinski definition) is 1. The highest BCUT2D eigenvalue weighted by Crippen LogP contribution is 2.11. The number of hydrogen-bond acceptors (Lipinski definition) is 5. The van der Waals surface area contributed by atoms with E-state index in [0.717, 1.165) is 16.7 Å². The van der Waals surface area contributed by atoms with E-state index in [4.69, 9.17) is 0 Å². The lowest BCUT2D eigenvalue weighted by atomic mass is 10.2. The monoisotopic (exact) mass is 346 g/mol. The minimum absolute atomic E-state index is 0.0889. The lowest BCUT2D eigenvalue weighted by Gasteiger charge is -1.99. The molecule has 0 radical (unpaired) electrons. The molecule has 2 aromatic heterocycles. The second kappa shape index (κ2) is 6.86. The topological polar surface area (TPSA) is 76.9 Å². The molecule has 1 aromatic carbocycles. The fourth-order valence-electron chi connectivity index (χ4n) is 1.85. The molecule has 0 saturated heterocycles. The summed E-state index contributed by atoms with van der Waals surface area (Å²) >= 11 is 1.56. The van der Waals surface area contributed by atoms with Gasteiger partial charge in [0, 0.05) is 10.8 Å². The van der Waals surface area contributed by atoms with E-state index in [-0.39, 0.29) is 6.54 Å². The van der Waals surface area contributed by atoms with Gasteiger partial charge in [-0.2, -0.15) is 11.3 Å². The lowest BCUT2D eigenvalue weighted by Crippen LogP contribution is -2.20. The molecule has 0 atom stereocenters. The van der Waals surface area contributed by atoms with Gasteiger partial charge in [0.15, 0.2) is 0 Å². The minimum Gasteiger partial charge on any atom is -0.220 e. The van der Waals surface area contributed by atoms with Crippen molar-refractivity contribution in [3.8, 4) is 5.69 Å². The zero-order valence-electron chi connectivity index (χ0n) is 12.0. The molecule has 8 heteroatoms.